The fourth-order valence-corrected chi connectivity index (χ4v) is 2.25. The minimum absolute atomic E-state index is 0.178. The summed E-state index contributed by atoms with van der Waals surface area (Å²) in [5, 5.41) is 7.85. The molecule has 1 aliphatic heterocycles. The molecular weight excluding hydrogens is 226 g/mol. The molecule has 0 aromatic rings. The first kappa shape index (κ1) is 13.3. The van der Waals surface area contributed by atoms with E-state index in [4.69, 9.17) is 0 Å². The first-order valence-corrected chi connectivity index (χ1v) is 6.59. The number of rotatable bonds is 5. The molecule has 0 spiro atoms. The predicted octanol–water partition coefficient (Wildman–Crippen LogP) is 0.173. The van der Waals surface area contributed by atoms with Crippen molar-refractivity contribution >= 4 is 23.7 Å². The van der Waals surface area contributed by atoms with Crippen LogP contribution in [0.25, 0.3) is 0 Å². The highest BCUT2D eigenvalue weighted by Gasteiger charge is 2.21. The zero-order valence-electron chi connectivity index (χ0n) is 9.71. The molecule has 6 heteroatoms. The Morgan fingerprint density at radius 2 is 2.19 bits per heavy atom. The maximum atomic E-state index is 11.5. The second-order valence-electron chi connectivity index (χ2n) is 3.85. The van der Waals surface area contributed by atoms with E-state index in [-0.39, 0.29) is 11.2 Å². The van der Waals surface area contributed by atoms with Gasteiger partial charge in [-0.05, 0) is 38.6 Å². The summed E-state index contributed by atoms with van der Waals surface area (Å²) in [6, 6.07) is -0.412. The van der Waals surface area contributed by atoms with Crippen molar-refractivity contribution in [3.05, 3.63) is 0 Å². The van der Waals surface area contributed by atoms with Crippen LogP contribution in [0.15, 0.2) is 0 Å². The Bertz CT molecular complexity index is 256. The normalized spacial score (nSPS) is 17.4. The Kier molecular flexibility index (Phi) is 5.62. The van der Waals surface area contributed by atoms with Gasteiger partial charge in [-0.3, -0.25) is 10.1 Å². The van der Waals surface area contributed by atoms with Crippen LogP contribution in [-0.2, 0) is 4.79 Å². The predicted molar refractivity (Wildman–Crippen MR) is 65.5 cm³/mol. The molecule has 0 radical (unpaired) electrons. The van der Waals surface area contributed by atoms with Gasteiger partial charge in [0.25, 0.3) is 0 Å². The topological polar surface area (TPSA) is 70.2 Å². The van der Waals surface area contributed by atoms with Gasteiger partial charge in [0.2, 0.25) is 5.91 Å². The zero-order chi connectivity index (χ0) is 12.0. The maximum Gasteiger partial charge on any atom is 0.321 e. The van der Waals surface area contributed by atoms with E-state index in [9.17, 15) is 9.59 Å². The average molecular weight is 245 g/mol. The number of thioether (sulfide) groups is 1. The van der Waals surface area contributed by atoms with E-state index in [1.165, 1.54) is 0 Å². The van der Waals surface area contributed by atoms with Crippen LogP contribution in [0.3, 0.4) is 0 Å². The van der Waals surface area contributed by atoms with Gasteiger partial charge in [0, 0.05) is 6.54 Å². The quantitative estimate of drug-likeness (QED) is 0.646. The van der Waals surface area contributed by atoms with Crippen molar-refractivity contribution < 1.29 is 9.59 Å². The van der Waals surface area contributed by atoms with Crippen LogP contribution < -0.4 is 16.0 Å². The van der Waals surface area contributed by atoms with Crippen molar-refractivity contribution in [2.24, 2.45) is 5.92 Å². The highest BCUT2D eigenvalue weighted by atomic mass is 32.2. The molecular formula is C10H19N3O2S. The van der Waals surface area contributed by atoms with Crippen molar-refractivity contribution in [3.8, 4) is 0 Å². The third-order valence-electron chi connectivity index (χ3n) is 2.39. The van der Waals surface area contributed by atoms with Gasteiger partial charge in [0.15, 0.2) is 0 Å². The number of amides is 3. The molecule has 1 heterocycles. The summed E-state index contributed by atoms with van der Waals surface area (Å²) in [4.78, 5) is 22.6. The molecule has 0 aliphatic carbocycles. The Morgan fingerprint density at radius 1 is 1.50 bits per heavy atom. The van der Waals surface area contributed by atoms with Crippen molar-refractivity contribution in [1.82, 2.24) is 16.0 Å². The van der Waals surface area contributed by atoms with Crippen molar-refractivity contribution in [2.45, 2.75) is 19.1 Å². The van der Waals surface area contributed by atoms with Crippen LogP contribution in [0.2, 0.25) is 0 Å². The SMILES string of the molecule is CCNC(=O)NC(=O)C(C)SCC1CNC1. The van der Waals surface area contributed by atoms with E-state index in [0.29, 0.717) is 12.5 Å². The van der Waals surface area contributed by atoms with Gasteiger partial charge in [-0.25, -0.2) is 4.79 Å². The van der Waals surface area contributed by atoms with Crippen LogP contribution in [0.1, 0.15) is 13.8 Å². The highest BCUT2D eigenvalue weighted by Crippen LogP contribution is 2.17. The largest absolute Gasteiger partial charge is 0.338 e. The van der Waals surface area contributed by atoms with Crippen LogP contribution in [-0.4, -0.2) is 42.6 Å². The molecule has 0 bridgehead atoms. The zero-order valence-corrected chi connectivity index (χ0v) is 10.5. The highest BCUT2D eigenvalue weighted by molar-refractivity contribution is 8.00. The lowest BCUT2D eigenvalue weighted by molar-refractivity contribution is -0.119. The molecule has 0 aromatic heterocycles. The molecule has 1 saturated heterocycles. The Balaban J connectivity index is 2.16. The number of imide groups is 1. The Morgan fingerprint density at radius 3 is 2.69 bits per heavy atom. The van der Waals surface area contributed by atoms with Gasteiger partial charge in [0.05, 0.1) is 5.25 Å². The summed E-state index contributed by atoms with van der Waals surface area (Å²) in [7, 11) is 0. The first-order chi connectivity index (χ1) is 7.63. The monoisotopic (exact) mass is 245 g/mol. The Hall–Kier alpha value is -0.750. The third-order valence-corrected chi connectivity index (χ3v) is 3.77. The molecule has 16 heavy (non-hydrogen) atoms. The van der Waals surface area contributed by atoms with Crippen LogP contribution in [0, 0.1) is 5.92 Å². The van der Waals surface area contributed by atoms with Crippen molar-refractivity contribution in [3.63, 3.8) is 0 Å². The van der Waals surface area contributed by atoms with Crippen LogP contribution >= 0.6 is 11.8 Å². The minimum atomic E-state index is -0.412. The van der Waals surface area contributed by atoms with E-state index >= 15 is 0 Å². The van der Waals surface area contributed by atoms with Crippen molar-refractivity contribution in [2.75, 3.05) is 25.4 Å². The minimum Gasteiger partial charge on any atom is -0.338 e. The molecule has 5 nitrogen and oxygen atoms in total. The smallest absolute Gasteiger partial charge is 0.321 e. The summed E-state index contributed by atoms with van der Waals surface area (Å²) < 4.78 is 0. The summed E-state index contributed by atoms with van der Waals surface area (Å²) >= 11 is 1.60. The van der Waals surface area contributed by atoms with Gasteiger partial charge in [-0.2, -0.15) is 0 Å². The average Bonchev–Trinajstić information content (AvgIpc) is 2.15. The van der Waals surface area contributed by atoms with Crippen LogP contribution in [0.5, 0.6) is 0 Å². The lowest BCUT2D eigenvalue weighted by Gasteiger charge is -2.27. The van der Waals surface area contributed by atoms with E-state index in [1.54, 1.807) is 11.8 Å². The van der Waals surface area contributed by atoms with Gasteiger partial charge in [0.1, 0.15) is 0 Å². The molecule has 0 aromatic carbocycles. The molecule has 1 unspecified atom stereocenters. The number of nitrogens with one attached hydrogen (secondary N) is 3. The molecule has 0 saturated carbocycles. The van der Waals surface area contributed by atoms with Gasteiger partial charge < -0.3 is 10.6 Å². The Labute approximate surface area is 100 Å². The summed E-state index contributed by atoms with van der Waals surface area (Å²) in [6.07, 6.45) is 0. The fourth-order valence-electron chi connectivity index (χ4n) is 1.24. The number of carbonyl (C=O) groups excluding carboxylic acids is 2. The molecule has 1 atom stereocenters. The van der Waals surface area contributed by atoms with E-state index in [0.717, 1.165) is 18.8 Å². The number of urea groups is 1. The van der Waals surface area contributed by atoms with Gasteiger partial charge >= 0.3 is 6.03 Å². The second-order valence-corrected chi connectivity index (χ2v) is 5.22. The molecule has 1 aliphatic rings. The van der Waals surface area contributed by atoms with Gasteiger partial charge in [-0.1, -0.05) is 0 Å². The summed E-state index contributed by atoms with van der Waals surface area (Å²) in [6.45, 7) is 6.24. The first-order valence-electron chi connectivity index (χ1n) is 5.54. The number of hydrogen-bond donors (Lipinski definition) is 3. The molecule has 92 valence electrons. The fraction of sp³-hybridized carbons (Fsp3) is 0.800. The maximum absolute atomic E-state index is 11.5. The lowest BCUT2D eigenvalue weighted by atomic mass is 10.1. The molecule has 3 amide bonds. The summed E-state index contributed by atoms with van der Waals surface area (Å²) in [5.74, 6) is 1.42. The number of carbonyl (C=O) groups is 2. The third kappa shape index (κ3) is 4.40. The number of hydrogen-bond acceptors (Lipinski definition) is 4. The molecule has 1 fully saturated rings. The van der Waals surface area contributed by atoms with Gasteiger partial charge in [-0.15, -0.1) is 11.8 Å². The second kappa shape index (κ2) is 6.75. The molecule has 1 rings (SSSR count). The van der Waals surface area contributed by atoms with E-state index < -0.39 is 6.03 Å². The lowest BCUT2D eigenvalue weighted by Crippen LogP contribution is -2.45. The summed E-state index contributed by atoms with van der Waals surface area (Å²) in [5.41, 5.74) is 0. The molecule has 3 N–H and O–H groups in total. The van der Waals surface area contributed by atoms with E-state index in [2.05, 4.69) is 16.0 Å². The van der Waals surface area contributed by atoms with Crippen molar-refractivity contribution in [1.29, 1.82) is 0 Å². The van der Waals surface area contributed by atoms with E-state index in [1.807, 2.05) is 13.8 Å². The standard InChI is InChI=1S/C10H19N3O2S/c1-3-12-10(15)13-9(14)7(2)16-6-8-4-11-5-8/h7-8,11H,3-6H2,1-2H3,(H2,12,13,14,15). The van der Waals surface area contributed by atoms with Crippen LogP contribution in [0.4, 0.5) is 4.79 Å².